The van der Waals surface area contributed by atoms with Gasteiger partial charge in [-0.15, -0.1) is 6.42 Å². The number of anilines is 8. The predicted molar refractivity (Wildman–Crippen MR) is 230 cm³/mol. The van der Waals surface area contributed by atoms with Gasteiger partial charge in [-0.2, -0.15) is 5.26 Å². The lowest BCUT2D eigenvalue weighted by molar-refractivity contribution is -0.0825. The first-order valence-electron chi connectivity index (χ1n) is 18.5. The number of nitrogens with two attached hydrogens (primary N) is 2. The van der Waals surface area contributed by atoms with Crippen molar-refractivity contribution < 1.29 is 9.47 Å². The van der Waals surface area contributed by atoms with E-state index in [1.807, 2.05) is 72.8 Å². The van der Waals surface area contributed by atoms with Crippen LogP contribution in [0.4, 0.5) is 46.0 Å². The van der Waals surface area contributed by atoms with Crippen LogP contribution in [0.5, 0.6) is 0 Å². The van der Waals surface area contributed by atoms with Crippen LogP contribution in [0.1, 0.15) is 11.1 Å². The molecule has 6 N–H and O–H groups in total. The molecule has 2 aliphatic rings. The van der Waals surface area contributed by atoms with Crippen molar-refractivity contribution in [3.63, 3.8) is 0 Å². The fraction of sp³-hybridized carbons (Fsp3) is 0.186. The van der Waals surface area contributed by atoms with Crippen molar-refractivity contribution >= 4 is 69.5 Å². The first-order chi connectivity index (χ1) is 28.4. The van der Waals surface area contributed by atoms with E-state index in [4.69, 9.17) is 32.3 Å². The topological polar surface area (TPSA) is 176 Å². The van der Waals surface area contributed by atoms with E-state index in [0.717, 1.165) is 45.6 Å². The van der Waals surface area contributed by atoms with Gasteiger partial charge < -0.3 is 41.4 Å². The van der Waals surface area contributed by atoms with Crippen molar-refractivity contribution in [2.75, 3.05) is 71.3 Å². The lowest BCUT2D eigenvalue weighted by Crippen LogP contribution is -2.55. The van der Waals surface area contributed by atoms with Gasteiger partial charge in [0.05, 0.1) is 25.0 Å². The van der Waals surface area contributed by atoms with Crippen LogP contribution in [0.15, 0.2) is 129 Å². The maximum absolute atomic E-state index is 9.64. The van der Waals surface area contributed by atoms with Crippen LogP contribution in [0.25, 0.3) is 0 Å². The molecule has 0 spiro atoms. The number of morpholine rings is 2. The standard InChI is InChI=1S/C43H39N11O2S2/c1-2-28-24-47-43(51-40(28)57-36-14-6-30(45)7-15-36)50-33-4-3-5-35(22-33)54-19-21-56-39(27-54)38-26-53(18-20-55-38)34-12-10-32(11-13-34)49-42-48-25-29(23-44)41(52-42)58-37-16-8-31(46)9-17-37/h1,3-17,22,24-25,38-39H,18-21,26-27,45-46H2,(H,47,50,51)(H,48,49,52). The van der Waals surface area contributed by atoms with Gasteiger partial charge >= 0.3 is 0 Å². The zero-order valence-electron chi connectivity index (χ0n) is 31.3. The summed E-state index contributed by atoms with van der Waals surface area (Å²) in [6.07, 6.45) is 8.74. The Morgan fingerprint density at radius 3 is 1.78 bits per heavy atom. The van der Waals surface area contributed by atoms with Gasteiger partial charge in [-0.05, 0) is 91.0 Å². The molecule has 2 aromatic heterocycles. The second kappa shape index (κ2) is 17.8. The van der Waals surface area contributed by atoms with Gasteiger partial charge in [-0.25, -0.2) is 19.9 Å². The highest BCUT2D eigenvalue weighted by molar-refractivity contribution is 7.99. The molecular weight excluding hydrogens is 767 g/mol. The molecule has 2 aliphatic heterocycles. The smallest absolute Gasteiger partial charge is 0.228 e. The molecule has 2 unspecified atom stereocenters. The zero-order chi connectivity index (χ0) is 39.8. The third-order valence-electron chi connectivity index (χ3n) is 9.53. The number of nitrogen functional groups attached to an aromatic ring is 2. The monoisotopic (exact) mass is 805 g/mol. The minimum Gasteiger partial charge on any atom is -0.399 e. The number of hydrogen-bond acceptors (Lipinski definition) is 15. The summed E-state index contributed by atoms with van der Waals surface area (Å²) < 4.78 is 12.6. The van der Waals surface area contributed by atoms with Gasteiger partial charge in [0.1, 0.15) is 33.9 Å². The van der Waals surface area contributed by atoms with Gasteiger partial charge in [0.25, 0.3) is 0 Å². The molecule has 0 aliphatic carbocycles. The molecule has 8 rings (SSSR count). The second-order valence-corrected chi connectivity index (χ2v) is 15.6. The van der Waals surface area contributed by atoms with Gasteiger partial charge in [-0.3, -0.25) is 0 Å². The quantitative estimate of drug-likeness (QED) is 0.0588. The third kappa shape index (κ3) is 9.37. The van der Waals surface area contributed by atoms with Gasteiger partial charge in [-0.1, -0.05) is 35.5 Å². The molecule has 13 nitrogen and oxygen atoms in total. The van der Waals surface area contributed by atoms with E-state index in [1.54, 1.807) is 6.20 Å². The van der Waals surface area contributed by atoms with E-state index >= 15 is 0 Å². The number of hydrogen-bond donors (Lipinski definition) is 4. The van der Waals surface area contributed by atoms with Crippen LogP contribution < -0.4 is 31.9 Å². The Kier molecular flexibility index (Phi) is 11.8. The molecule has 0 saturated carbocycles. The van der Waals surface area contributed by atoms with Gasteiger partial charge in [0.2, 0.25) is 11.9 Å². The van der Waals surface area contributed by atoms with Crippen LogP contribution in [0.3, 0.4) is 0 Å². The minimum atomic E-state index is -0.115. The molecule has 0 radical (unpaired) electrons. The van der Waals surface area contributed by atoms with Crippen molar-refractivity contribution in [3.8, 4) is 18.4 Å². The lowest BCUT2D eigenvalue weighted by Gasteiger charge is -2.42. The lowest BCUT2D eigenvalue weighted by atomic mass is 10.1. The zero-order valence-corrected chi connectivity index (χ0v) is 32.9. The Balaban J connectivity index is 0.886. The summed E-state index contributed by atoms with van der Waals surface area (Å²) in [4.78, 5) is 24.8. The number of benzene rings is 4. The van der Waals surface area contributed by atoms with Crippen molar-refractivity contribution in [2.24, 2.45) is 0 Å². The fourth-order valence-corrected chi connectivity index (χ4v) is 8.23. The maximum Gasteiger partial charge on any atom is 0.228 e. The van der Waals surface area contributed by atoms with Crippen LogP contribution in [0.2, 0.25) is 0 Å². The molecule has 4 heterocycles. The molecular formula is C43H39N11O2S2. The van der Waals surface area contributed by atoms with Crippen molar-refractivity contribution in [3.05, 3.63) is 121 Å². The molecule has 2 saturated heterocycles. The van der Waals surface area contributed by atoms with Crippen molar-refractivity contribution in [2.45, 2.75) is 32.1 Å². The second-order valence-electron chi connectivity index (χ2n) is 13.5. The molecule has 15 heteroatoms. The number of terminal acetylenes is 1. The molecule has 58 heavy (non-hydrogen) atoms. The summed E-state index contributed by atoms with van der Waals surface area (Å²) in [5, 5.41) is 17.5. The highest BCUT2D eigenvalue weighted by Gasteiger charge is 2.33. The number of rotatable bonds is 11. The molecule has 0 amide bonds. The van der Waals surface area contributed by atoms with Crippen LogP contribution in [-0.2, 0) is 9.47 Å². The maximum atomic E-state index is 9.64. The van der Waals surface area contributed by atoms with E-state index in [1.165, 1.54) is 29.7 Å². The average Bonchev–Trinajstić information content (AvgIpc) is 3.26. The largest absolute Gasteiger partial charge is 0.399 e. The predicted octanol–water partition coefficient (Wildman–Crippen LogP) is 7.18. The Morgan fingerprint density at radius 1 is 0.672 bits per heavy atom. The number of nitriles is 1. The number of nitrogens with one attached hydrogen (secondary N) is 2. The summed E-state index contributed by atoms with van der Waals surface area (Å²) in [6, 6.07) is 33.6. The van der Waals surface area contributed by atoms with E-state index in [-0.39, 0.29) is 12.2 Å². The fourth-order valence-electron chi connectivity index (χ4n) is 6.54. The Bertz CT molecular complexity index is 2460. The Hall–Kier alpha value is -6.49. The van der Waals surface area contributed by atoms with E-state index in [9.17, 15) is 5.26 Å². The molecule has 2 atom stereocenters. The summed E-state index contributed by atoms with van der Waals surface area (Å²) >= 11 is 2.86. The van der Waals surface area contributed by atoms with E-state index < -0.39 is 0 Å². The summed E-state index contributed by atoms with van der Waals surface area (Å²) in [5.74, 6) is 3.55. The minimum absolute atomic E-state index is 0.111. The average molecular weight is 806 g/mol. The van der Waals surface area contributed by atoms with Crippen LogP contribution in [0, 0.1) is 23.7 Å². The summed E-state index contributed by atoms with van der Waals surface area (Å²) in [7, 11) is 0. The Labute approximate surface area is 345 Å². The highest BCUT2D eigenvalue weighted by Crippen LogP contribution is 2.33. The summed E-state index contributed by atoms with van der Waals surface area (Å²) in [6.45, 7) is 4.08. The molecule has 6 aromatic rings. The van der Waals surface area contributed by atoms with E-state index in [0.29, 0.717) is 70.8 Å². The van der Waals surface area contributed by atoms with Gasteiger partial charge in [0.15, 0.2) is 0 Å². The first kappa shape index (κ1) is 38.4. The summed E-state index contributed by atoms with van der Waals surface area (Å²) in [5.41, 5.74) is 17.9. The third-order valence-corrected chi connectivity index (χ3v) is 11.6. The SMILES string of the molecule is C#Cc1cnc(Nc2cccc(N3CCOC(C4CN(c5ccc(Nc6ncc(C#N)c(Sc7ccc(N)cc7)n6)cc5)CCO4)C3)c2)nc1Sc1ccc(N)cc1. The molecule has 4 aromatic carbocycles. The molecule has 2 fully saturated rings. The van der Waals surface area contributed by atoms with E-state index in [2.05, 4.69) is 71.6 Å². The number of ether oxygens (including phenoxy) is 2. The van der Waals surface area contributed by atoms with Crippen molar-refractivity contribution in [1.82, 2.24) is 19.9 Å². The van der Waals surface area contributed by atoms with Crippen LogP contribution in [-0.4, -0.2) is 71.5 Å². The van der Waals surface area contributed by atoms with Crippen LogP contribution >= 0.6 is 23.5 Å². The highest BCUT2D eigenvalue weighted by atomic mass is 32.2. The molecule has 0 bridgehead atoms. The number of nitrogens with zero attached hydrogens (tertiary/aromatic N) is 7. The number of aromatic nitrogens is 4. The molecule has 290 valence electrons. The normalized spacial score (nSPS) is 16.6. The Morgan fingerprint density at radius 2 is 1.21 bits per heavy atom. The van der Waals surface area contributed by atoms with Gasteiger partial charge in [0, 0.05) is 76.3 Å². The van der Waals surface area contributed by atoms with Crippen molar-refractivity contribution in [1.29, 1.82) is 5.26 Å². The first-order valence-corrected chi connectivity index (χ1v) is 20.2.